The highest BCUT2D eigenvalue weighted by atomic mass is 127. The zero-order valence-electron chi connectivity index (χ0n) is 16.9. The van der Waals surface area contributed by atoms with Crippen LogP contribution in [-0.2, 0) is 9.53 Å². The van der Waals surface area contributed by atoms with Crippen molar-refractivity contribution in [1.82, 2.24) is 0 Å². The van der Waals surface area contributed by atoms with E-state index in [0.29, 0.717) is 17.1 Å². The van der Waals surface area contributed by atoms with E-state index in [0.717, 1.165) is 17.8 Å². The van der Waals surface area contributed by atoms with Crippen LogP contribution in [0.1, 0.15) is 53.4 Å². The Bertz CT molecular complexity index is 773. The first kappa shape index (κ1) is 19.5. The third kappa shape index (κ3) is 2.99. The summed E-state index contributed by atoms with van der Waals surface area (Å²) in [6.45, 7) is 8.87. The van der Waals surface area contributed by atoms with Gasteiger partial charge in [-0.3, -0.25) is 4.79 Å². The first-order valence-corrected chi connectivity index (χ1v) is 11.9. The molecular formula is C24H31IO2. The normalized spacial score (nSPS) is 40.8. The van der Waals surface area contributed by atoms with E-state index in [2.05, 4.69) is 67.7 Å². The van der Waals surface area contributed by atoms with Gasteiger partial charge in [0.15, 0.2) is 0 Å². The molecule has 0 saturated heterocycles. The van der Waals surface area contributed by atoms with Gasteiger partial charge in [-0.05, 0) is 72.5 Å². The SMILES string of the molecule is CC(=O)OC1=CC2=CC=C3[C@@H]4CC[C@H]([C@H](C)CI)[C@@]4(C)CC[C@@H]3[C@@]2(C)C=C1. The van der Waals surface area contributed by atoms with Gasteiger partial charge in [-0.25, -0.2) is 0 Å². The van der Waals surface area contributed by atoms with Gasteiger partial charge >= 0.3 is 5.97 Å². The average molecular weight is 478 g/mol. The average Bonchev–Trinajstić information content (AvgIpc) is 2.98. The lowest BCUT2D eigenvalue weighted by Crippen LogP contribution is -2.44. The Morgan fingerprint density at radius 1 is 1.26 bits per heavy atom. The monoisotopic (exact) mass is 478 g/mol. The van der Waals surface area contributed by atoms with Crippen LogP contribution in [-0.4, -0.2) is 10.4 Å². The van der Waals surface area contributed by atoms with Crippen LogP contribution in [0.5, 0.6) is 0 Å². The maximum atomic E-state index is 11.3. The van der Waals surface area contributed by atoms with Gasteiger partial charge in [-0.15, -0.1) is 0 Å². The minimum atomic E-state index is -0.253. The molecule has 0 N–H and O–H groups in total. The molecular weight excluding hydrogens is 447 g/mol. The molecule has 4 aliphatic carbocycles. The van der Waals surface area contributed by atoms with Gasteiger partial charge in [0, 0.05) is 16.8 Å². The summed E-state index contributed by atoms with van der Waals surface area (Å²) in [6.07, 6.45) is 16.4. The largest absolute Gasteiger partial charge is 0.427 e. The summed E-state index contributed by atoms with van der Waals surface area (Å²) in [6, 6.07) is 0. The summed E-state index contributed by atoms with van der Waals surface area (Å²) in [4.78, 5) is 11.3. The van der Waals surface area contributed by atoms with E-state index in [1.807, 2.05) is 6.08 Å². The molecule has 0 spiro atoms. The zero-order chi connectivity index (χ0) is 19.4. The van der Waals surface area contributed by atoms with Gasteiger partial charge in [0.25, 0.3) is 0 Å². The molecule has 2 fully saturated rings. The lowest BCUT2D eigenvalue weighted by atomic mass is 9.51. The summed E-state index contributed by atoms with van der Waals surface area (Å²) in [5, 5.41) is 0. The molecule has 0 unspecified atom stereocenters. The molecule has 4 aliphatic rings. The van der Waals surface area contributed by atoms with Gasteiger partial charge in [0.05, 0.1) is 0 Å². The Morgan fingerprint density at radius 2 is 2.04 bits per heavy atom. The first-order valence-electron chi connectivity index (χ1n) is 10.4. The molecule has 2 saturated carbocycles. The fourth-order valence-corrected chi connectivity index (χ4v) is 7.24. The van der Waals surface area contributed by atoms with E-state index in [-0.39, 0.29) is 11.4 Å². The molecule has 2 nitrogen and oxygen atoms in total. The molecule has 146 valence electrons. The number of hydrogen-bond donors (Lipinski definition) is 0. The summed E-state index contributed by atoms with van der Waals surface area (Å²) >= 11 is 2.57. The van der Waals surface area contributed by atoms with Gasteiger partial charge in [-0.2, -0.15) is 0 Å². The zero-order valence-corrected chi connectivity index (χ0v) is 19.1. The smallest absolute Gasteiger partial charge is 0.308 e. The second-order valence-corrected chi connectivity index (χ2v) is 10.4. The van der Waals surface area contributed by atoms with Crippen molar-refractivity contribution in [3.05, 3.63) is 47.3 Å². The highest BCUT2D eigenvalue weighted by molar-refractivity contribution is 14.1. The molecule has 0 aromatic rings. The van der Waals surface area contributed by atoms with Crippen LogP contribution in [0.25, 0.3) is 0 Å². The number of hydrogen-bond acceptors (Lipinski definition) is 2. The summed E-state index contributed by atoms with van der Waals surface area (Å²) in [7, 11) is 0. The second kappa shape index (κ2) is 6.89. The summed E-state index contributed by atoms with van der Waals surface area (Å²) < 4.78 is 6.60. The predicted molar refractivity (Wildman–Crippen MR) is 118 cm³/mol. The van der Waals surface area contributed by atoms with Gasteiger partial charge in [-0.1, -0.05) is 67.2 Å². The number of halogens is 1. The van der Waals surface area contributed by atoms with E-state index < -0.39 is 0 Å². The number of allylic oxidation sites excluding steroid dienone is 7. The van der Waals surface area contributed by atoms with Crippen LogP contribution < -0.4 is 0 Å². The number of alkyl halides is 1. The first-order chi connectivity index (χ1) is 12.8. The molecule has 0 heterocycles. The third-order valence-corrected chi connectivity index (χ3v) is 9.46. The van der Waals surface area contributed by atoms with Gasteiger partial charge < -0.3 is 4.74 Å². The lowest BCUT2D eigenvalue weighted by molar-refractivity contribution is -0.136. The Morgan fingerprint density at radius 3 is 2.74 bits per heavy atom. The van der Waals surface area contributed by atoms with Crippen molar-refractivity contribution in [2.24, 2.45) is 34.5 Å². The van der Waals surface area contributed by atoms with Crippen molar-refractivity contribution in [3.63, 3.8) is 0 Å². The molecule has 4 rings (SSSR count). The molecule has 0 aliphatic heterocycles. The standard InChI is InChI=1S/C24H31IO2/c1-15(14-25)20-7-8-21-19-6-5-17-13-18(27-16(2)26)9-11-23(17,3)22(19)10-12-24(20,21)4/h5-6,9,11,13,15,20-22H,7-8,10,12,14H2,1-4H3/t15-,20-,21+,22+,23+,24-/m1/s1. The maximum absolute atomic E-state index is 11.3. The van der Waals surface area contributed by atoms with Crippen LogP contribution in [0.15, 0.2) is 47.3 Å². The topological polar surface area (TPSA) is 26.3 Å². The minimum absolute atomic E-state index is 0.0298. The number of ether oxygens (including phenoxy) is 1. The second-order valence-electron chi connectivity index (χ2n) is 9.51. The fourth-order valence-electron chi connectivity index (χ4n) is 6.63. The fraction of sp³-hybridized carbons (Fsp3) is 0.625. The van der Waals surface area contributed by atoms with E-state index in [1.54, 1.807) is 5.57 Å². The Balaban J connectivity index is 1.68. The number of esters is 1. The molecule has 3 heteroatoms. The highest BCUT2D eigenvalue weighted by Crippen LogP contribution is 2.65. The number of rotatable bonds is 3. The van der Waals surface area contributed by atoms with Gasteiger partial charge in [0.1, 0.15) is 5.76 Å². The van der Waals surface area contributed by atoms with Crippen molar-refractivity contribution in [2.45, 2.75) is 53.4 Å². The van der Waals surface area contributed by atoms with E-state index in [4.69, 9.17) is 4.74 Å². The van der Waals surface area contributed by atoms with Crippen molar-refractivity contribution in [1.29, 1.82) is 0 Å². The predicted octanol–water partition coefficient (Wildman–Crippen LogP) is 6.39. The quantitative estimate of drug-likeness (QED) is 0.267. The molecule has 0 radical (unpaired) electrons. The van der Waals surface area contributed by atoms with Crippen molar-refractivity contribution in [2.75, 3.05) is 4.43 Å². The van der Waals surface area contributed by atoms with Crippen LogP contribution in [0.3, 0.4) is 0 Å². The number of fused-ring (bicyclic) bond motifs is 5. The maximum Gasteiger partial charge on any atom is 0.308 e. The van der Waals surface area contributed by atoms with E-state index in [9.17, 15) is 4.79 Å². The third-order valence-electron chi connectivity index (χ3n) is 8.07. The van der Waals surface area contributed by atoms with Crippen molar-refractivity contribution in [3.8, 4) is 0 Å². The molecule has 0 aromatic heterocycles. The molecule has 0 bridgehead atoms. The van der Waals surface area contributed by atoms with E-state index in [1.165, 1.54) is 42.6 Å². The highest BCUT2D eigenvalue weighted by Gasteiger charge is 2.56. The Hall–Kier alpha value is -0.840. The molecule has 0 aromatic carbocycles. The Kier molecular flexibility index (Phi) is 4.97. The Labute approximate surface area is 177 Å². The minimum Gasteiger partial charge on any atom is -0.427 e. The van der Waals surface area contributed by atoms with Crippen molar-refractivity contribution >= 4 is 28.6 Å². The molecule has 27 heavy (non-hydrogen) atoms. The summed E-state index contributed by atoms with van der Waals surface area (Å²) in [5.41, 5.74) is 3.47. The number of carbonyl (C=O) groups is 1. The van der Waals surface area contributed by atoms with E-state index >= 15 is 0 Å². The molecule has 0 amide bonds. The van der Waals surface area contributed by atoms with Crippen LogP contribution in [0.4, 0.5) is 0 Å². The molecule has 6 atom stereocenters. The number of carbonyl (C=O) groups excluding carboxylic acids is 1. The summed E-state index contributed by atoms with van der Waals surface area (Å²) in [5.74, 6) is 3.39. The van der Waals surface area contributed by atoms with Crippen LogP contribution in [0, 0.1) is 34.5 Å². The lowest BCUT2D eigenvalue weighted by Gasteiger charge is -2.53. The van der Waals surface area contributed by atoms with Crippen LogP contribution in [0.2, 0.25) is 0 Å². The van der Waals surface area contributed by atoms with Gasteiger partial charge in [0.2, 0.25) is 0 Å². The van der Waals surface area contributed by atoms with Crippen LogP contribution >= 0.6 is 22.6 Å². The van der Waals surface area contributed by atoms with Crippen molar-refractivity contribution < 1.29 is 9.53 Å².